The minimum absolute atomic E-state index is 0.0482. The van der Waals surface area contributed by atoms with Crippen molar-refractivity contribution in [1.29, 1.82) is 0 Å². The van der Waals surface area contributed by atoms with Crippen molar-refractivity contribution in [1.82, 2.24) is 35.4 Å². The largest absolute Gasteiger partial charge is 0.477 e. The summed E-state index contributed by atoms with van der Waals surface area (Å²) in [7, 11) is 1.21. The molecule has 1 saturated heterocycles. The average Bonchev–Trinajstić information content (AvgIpc) is 3.73. The summed E-state index contributed by atoms with van der Waals surface area (Å²) in [6.45, 7) is -0.291. The normalized spacial score (nSPS) is 17.8. The molecule has 2 aliphatic rings. The number of amides is 3. The SMILES string of the molecule is CON=C(Cn1nnnc1SCC1=CN2C(=O)C(NC(=O)C(=NOCc3ccccc3)c3csc(NC(=O)C(F)(F)F)n3)[C@H]2SC1)C(=O)O. The van der Waals surface area contributed by atoms with E-state index in [9.17, 15) is 37.5 Å². The number of fused-ring (bicyclic) bond motifs is 1. The molecule has 3 N–H and O–H groups in total. The predicted octanol–water partition coefficient (Wildman–Crippen LogP) is 1.71. The number of β-lactam (4-membered cyclic amide) rings is 1. The number of carboxylic acids is 1. The first-order chi connectivity index (χ1) is 23.4. The van der Waals surface area contributed by atoms with Crippen LogP contribution < -0.4 is 10.6 Å². The molecule has 2 atom stereocenters. The number of nitrogens with one attached hydrogen (secondary N) is 2. The zero-order valence-electron chi connectivity index (χ0n) is 24.9. The number of alkyl halides is 3. The Morgan fingerprint density at radius 1 is 1.20 bits per heavy atom. The van der Waals surface area contributed by atoms with Crippen LogP contribution in [0, 0.1) is 0 Å². The molecule has 0 spiro atoms. The standard InChI is InChI=1S/C26H23F3N10O7S3/c1-45-34-15(22(42)43)8-39-25(33-36-37-39)49-11-14-7-38-20(41)18(21(38)47-10-14)31-19(40)17(35-46-9-13-5-3-2-4-6-13)16-12-48-24(30-16)32-23(44)26(27,28)29/h2-7,12,18,21H,8-11H2,1H3,(H,31,40)(H,42,43)(H,30,32,44)/t18?,21-/m1/s1. The molecule has 0 bridgehead atoms. The van der Waals surface area contributed by atoms with Gasteiger partial charge in [-0.2, -0.15) is 13.2 Å². The number of hydrogen-bond donors (Lipinski definition) is 3. The number of carbonyl (C=O) groups excluding carboxylic acids is 3. The van der Waals surface area contributed by atoms with Gasteiger partial charge in [-0.1, -0.05) is 52.4 Å². The van der Waals surface area contributed by atoms with E-state index in [2.05, 4.69) is 41.0 Å². The van der Waals surface area contributed by atoms with Crippen LogP contribution in [0.3, 0.4) is 0 Å². The molecule has 49 heavy (non-hydrogen) atoms. The van der Waals surface area contributed by atoms with Gasteiger partial charge in [0.15, 0.2) is 16.6 Å². The molecule has 3 amide bonds. The predicted molar refractivity (Wildman–Crippen MR) is 168 cm³/mol. The molecule has 17 nitrogen and oxygen atoms in total. The van der Waals surface area contributed by atoms with Crippen molar-refractivity contribution in [3.8, 4) is 0 Å². The Bertz CT molecular complexity index is 1820. The molecule has 0 saturated carbocycles. The molecule has 2 aliphatic heterocycles. The highest BCUT2D eigenvalue weighted by Gasteiger charge is 2.50. The molecule has 23 heteroatoms. The van der Waals surface area contributed by atoms with Crippen molar-refractivity contribution < 1.29 is 47.1 Å². The first-order valence-electron chi connectivity index (χ1n) is 13.7. The summed E-state index contributed by atoms with van der Waals surface area (Å²) >= 11 is 3.22. The summed E-state index contributed by atoms with van der Waals surface area (Å²) < 4.78 is 39.4. The highest BCUT2D eigenvalue weighted by molar-refractivity contribution is 8.01. The molecule has 0 aliphatic carbocycles. The molecular formula is C26H23F3N10O7S3. The van der Waals surface area contributed by atoms with Gasteiger partial charge < -0.3 is 25.0 Å². The van der Waals surface area contributed by atoms with Crippen LogP contribution >= 0.6 is 34.9 Å². The van der Waals surface area contributed by atoms with Crippen LogP contribution in [-0.2, 0) is 42.0 Å². The first kappa shape index (κ1) is 35.3. The molecule has 1 fully saturated rings. The second kappa shape index (κ2) is 15.5. The fraction of sp³-hybridized carbons (Fsp3) is 0.308. The number of thioether (sulfide) groups is 2. The average molecular weight is 741 g/mol. The van der Waals surface area contributed by atoms with E-state index in [4.69, 9.17) is 4.84 Å². The van der Waals surface area contributed by atoms with Gasteiger partial charge in [-0.3, -0.25) is 19.7 Å². The van der Waals surface area contributed by atoms with E-state index in [1.54, 1.807) is 41.8 Å². The number of aliphatic carboxylic acids is 1. The summed E-state index contributed by atoms with van der Waals surface area (Å²) in [4.78, 5) is 64.5. The highest BCUT2D eigenvalue weighted by Crippen LogP contribution is 2.37. The van der Waals surface area contributed by atoms with E-state index in [-0.39, 0.29) is 24.6 Å². The van der Waals surface area contributed by atoms with Crippen molar-refractivity contribution in [3.05, 3.63) is 58.7 Å². The Morgan fingerprint density at radius 2 is 1.98 bits per heavy atom. The van der Waals surface area contributed by atoms with Gasteiger partial charge in [0.2, 0.25) is 5.16 Å². The van der Waals surface area contributed by atoms with E-state index in [0.29, 0.717) is 33.6 Å². The third-order valence-electron chi connectivity index (χ3n) is 6.43. The molecule has 2 aromatic heterocycles. The van der Waals surface area contributed by atoms with Gasteiger partial charge in [0.05, 0.1) is 6.54 Å². The monoisotopic (exact) mass is 740 g/mol. The third kappa shape index (κ3) is 8.72. The van der Waals surface area contributed by atoms with Gasteiger partial charge in [0.25, 0.3) is 11.8 Å². The topological polar surface area (TPSA) is 215 Å². The molecule has 258 valence electrons. The van der Waals surface area contributed by atoms with Gasteiger partial charge in [-0.05, 0) is 21.6 Å². The van der Waals surface area contributed by atoms with E-state index in [0.717, 1.165) is 5.57 Å². The number of oxime groups is 2. The molecule has 0 radical (unpaired) electrons. The number of anilines is 1. The van der Waals surface area contributed by atoms with Crippen molar-refractivity contribution in [2.45, 2.75) is 35.9 Å². The second-order valence-corrected chi connectivity index (χ2v) is 12.7. The number of aromatic nitrogens is 5. The van der Waals surface area contributed by atoms with Crippen molar-refractivity contribution in [2.24, 2.45) is 10.3 Å². The Hall–Kier alpha value is -5.03. The molecular weight excluding hydrogens is 718 g/mol. The number of halogens is 3. The molecule has 5 rings (SSSR count). The van der Waals surface area contributed by atoms with Crippen LogP contribution in [0.4, 0.5) is 18.3 Å². The second-order valence-electron chi connectivity index (χ2n) is 9.81. The number of carbonyl (C=O) groups is 4. The van der Waals surface area contributed by atoms with Crippen LogP contribution in [0.25, 0.3) is 0 Å². The maximum atomic E-state index is 13.4. The molecule has 1 unspecified atom stereocenters. The summed E-state index contributed by atoms with van der Waals surface area (Å²) in [6.07, 6.45) is -3.50. The number of hydrogen-bond acceptors (Lipinski definition) is 15. The van der Waals surface area contributed by atoms with Crippen molar-refractivity contribution in [3.63, 3.8) is 0 Å². The first-order valence-corrected chi connectivity index (χ1v) is 16.6. The smallest absolute Gasteiger partial charge is 0.471 e. The Balaban J connectivity index is 1.23. The van der Waals surface area contributed by atoms with E-state index < -0.39 is 52.1 Å². The highest BCUT2D eigenvalue weighted by atomic mass is 32.2. The number of tetrazole rings is 1. The molecule has 1 aromatic carbocycles. The van der Waals surface area contributed by atoms with Gasteiger partial charge >= 0.3 is 18.1 Å². The zero-order valence-corrected chi connectivity index (χ0v) is 27.3. The van der Waals surface area contributed by atoms with Gasteiger partial charge in [0.1, 0.15) is 30.8 Å². The minimum Gasteiger partial charge on any atom is -0.477 e. The number of carboxylic acid groups (broad SMARTS) is 1. The Morgan fingerprint density at radius 3 is 2.69 bits per heavy atom. The Kier molecular flexibility index (Phi) is 11.1. The number of rotatable bonds is 14. The van der Waals surface area contributed by atoms with E-state index in [1.165, 1.54) is 45.6 Å². The van der Waals surface area contributed by atoms with Crippen LogP contribution in [0.1, 0.15) is 11.3 Å². The molecule has 3 aromatic rings. The summed E-state index contributed by atoms with van der Waals surface area (Å²) in [5.74, 6) is -4.01. The van der Waals surface area contributed by atoms with Crippen molar-refractivity contribution in [2.75, 3.05) is 23.9 Å². The lowest BCUT2D eigenvalue weighted by atomic mass is 10.1. The lowest BCUT2D eigenvalue weighted by Crippen LogP contribution is -2.69. The van der Waals surface area contributed by atoms with Crippen LogP contribution in [0.2, 0.25) is 0 Å². The lowest BCUT2D eigenvalue weighted by Gasteiger charge is -2.47. The third-order valence-corrected chi connectivity index (χ3v) is 9.63. The lowest BCUT2D eigenvalue weighted by molar-refractivity contribution is -0.167. The van der Waals surface area contributed by atoms with E-state index >= 15 is 0 Å². The quantitative estimate of drug-likeness (QED) is 0.0930. The Labute approximate surface area is 285 Å². The zero-order chi connectivity index (χ0) is 35.1. The number of nitrogens with zero attached hydrogens (tertiary/aromatic N) is 8. The van der Waals surface area contributed by atoms with Gasteiger partial charge in [-0.25, -0.2) is 14.5 Å². The van der Waals surface area contributed by atoms with Crippen LogP contribution in [0.5, 0.6) is 0 Å². The van der Waals surface area contributed by atoms with Crippen LogP contribution in [0.15, 0.2) is 63.0 Å². The maximum absolute atomic E-state index is 13.4. The maximum Gasteiger partial charge on any atom is 0.471 e. The summed E-state index contributed by atoms with van der Waals surface area (Å²) in [5, 5.41) is 32.7. The molecule has 4 heterocycles. The fourth-order valence-corrected chi connectivity index (χ4v) is 7.07. The number of thiazole rings is 1. The summed E-state index contributed by atoms with van der Waals surface area (Å²) in [6, 6.07) is 7.86. The van der Waals surface area contributed by atoms with E-state index in [1.807, 2.05) is 0 Å². The fourth-order valence-electron chi connectivity index (χ4n) is 4.15. The van der Waals surface area contributed by atoms with Gasteiger partial charge in [-0.15, -0.1) is 28.2 Å². The summed E-state index contributed by atoms with van der Waals surface area (Å²) in [5.41, 5.74) is 0.631. The van der Waals surface area contributed by atoms with Gasteiger partial charge in [0, 0.05) is 23.1 Å². The van der Waals surface area contributed by atoms with Crippen molar-refractivity contribution >= 4 is 75.1 Å². The minimum atomic E-state index is -5.15. The van der Waals surface area contributed by atoms with Crippen LogP contribution in [-0.4, -0.2) is 107 Å². The number of benzene rings is 1.